The number of rotatable bonds is 7. The highest BCUT2D eigenvalue weighted by molar-refractivity contribution is 5.85. The Bertz CT molecular complexity index is 671. The third-order valence-electron chi connectivity index (χ3n) is 5.27. The molecule has 2 N–H and O–H groups in total. The van der Waals surface area contributed by atoms with Crippen LogP contribution in [0, 0.1) is 13.8 Å². The molecular formula is C20H31N3O. The zero-order valence-corrected chi connectivity index (χ0v) is 15.1. The highest BCUT2D eigenvalue weighted by atomic mass is 16.3. The first-order valence-corrected chi connectivity index (χ1v) is 9.32. The van der Waals surface area contributed by atoms with Gasteiger partial charge in [-0.05, 0) is 68.5 Å². The van der Waals surface area contributed by atoms with E-state index in [1.807, 2.05) is 0 Å². The number of aryl methyl sites for hydroxylation is 4. The zero-order chi connectivity index (χ0) is 16.9. The predicted molar refractivity (Wildman–Crippen MR) is 101 cm³/mol. The molecular weight excluding hydrogens is 298 g/mol. The van der Waals surface area contributed by atoms with Gasteiger partial charge in [-0.3, -0.25) is 0 Å². The van der Waals surface area contributed by atoms with Gasteiger partial charge in [0, 0.05) is 56.4 Å². The van der Waals surface area contributed by atoms with Gasteiger partial charge in [0.05, 0.1) is 0 Å². The summed E-state index contributed by atoms with van der Waals surface area (Å²) in [6, 6.07) is 4.65. The highest BCUT2D eigenvalue weighted by Crippen LogP contribution is 2.26. The number of benzene rings is 1. The molecule has 0 unspecified atom stereocenters. The van der Waals surface area contributed by atoms with Crippen molar-refractivity contribution >= 4 is 10.9 Å². The number of hydrogen-bond acceptors (Lipinski definition) is 3. The normalized spacial score (nSPS) is 16.1. The average molecular weight is 329 g/mol. The minimum Gasteiger partial charge on any atom is -0.396 e. The van der Waals surface area contributed by atoms with Crippen LogP contribution in [0.1, 0.15) is 29.5 Å². The summed E-state index contributed by atoms with van der Waals surface area (Å²) < 4.78 is 2.33. The number of aliphatic hydroxyl groups is 1. The number of nitrogens with one attached hydrogen (secondary N) is 1. The second-order valence-corrected chi connectivity index (χ2v) is 7.07. The van der Waals surface area contributed by atoms with E-state index in [1.165, 1.54) is 53.6 Å². The molecule has 1 saturated heterocycles. The molecule has 1 fully saturated rings. The number of hydrogen-bond donors (Lipinski definition) is 2. The Balaban J connectivity index is 1.74. The van der Waals surface area contributed by atoms with E-state index in [0.29, 0.717) is 0 Å². The minimum atomic E-state index is 0.253. The zero-order valence-electron chi connectivity index (χ0n) is 15.1. The summed E-state index contributed by atoms with van der Waals surface area (Å²) in [5.41, 5.74) is 5.49. The summed E-state index contributed by atoms with van der Waals surface area (Å²) in [6.07, 6.45) is 5.48. The number of aromatic nitrogens is 1. The van der Waals surface area contributed by atoms with Crippen molar-refractivity contribution in [3.05, 3.63) is 35.0 Å². The Labute approximate surface area is 145 Å². The van der Waals surface area contributed by atoms with Gasteiger partial charge in [-0.2, -0.15) is 0 Å². The largest absolute Gasteiger partial charge is 0.396 e. The molecule has 4 heteroatoms. The topological polar surface area (TPSA) is 40.4 Å². The van der Waals surface area contributed by atoms with Crippen LogP contribution in [0.2, 0.25) is 0 Å². The first kappa shape index (κ1) is 17.5. The van der Waals surface area contributed by atoms with Crippen molar-refractivity contribution in [2.75, 3.05) is 39.3 Å². The number of aliphatic hydroxyl groups excluding tert-OH is 1. The Hall–Kier alpha value is -1.36. The molecule has 0 atom stereocenters. The first-order valence-electron chi connectivity index (χ1n) is 9.32. The van der Waals surface area contributed by atoms with Gasteiger partial charge in [0.2, 0.25) is 0 Å². The molecule has 0 saturated carbocycles. The maximum Gasteiger partial charge on any atom is 0.0486 e. The summed E-state index contributed by atoms with van der Waals surface area (Å²) in [5.74, 6) is 0. The van der Waals surface area contributed by atoms with Crippen LogP contribution in [0.5, 0.6) is 0 Å². The third-order valence-corrected chi connectivity index (χ3v) is 5.27. The van der Waals surface area contributed by atoms with E-state index in [1.54, 1.807) is 0 Å². The van der Waals surface area contributed by atoms with Crippen LogP contribution in [-0.4, -0.2) is 53.9 Å². The van der Waals surface area contributed by atoms with Crippen molar-refractivity contribution in [1.29, 1.82) is 0 Å². The van der Waals surface area contributed by atoms with E-state index in [-0.39, 0.29) is 6.61 Å². The van der Waals surface area contributed by atoms with Gasteiger partial charge in [0.25, 0.3) is 0 Å². The Morgan fingerprint density at radius 2 is 1.79 bits per heavy atom. The van der Waals surface area contributed by atoms with Gasteiger partial charge >= 0.3 is 0 Å². The van der Waals surface area contributed by atoms with Crippen LogP contribution in [0.15, 0.2) is 18.3 Å². The number of fused-ring (bicyclic) bond motifs is 1. The number of piperazine rings is 1. The summed E-state index contributed by atoms with van der Waals surface area (Å²) >= 11 is 0. The molecule has 0 aliphatic carbocycles. The van der Waals surface area contributed by atoms with Crippen molar-refractivity contribution in [3.8, 4) is 0 Å². The van der Waals surface area contributed by atoms with Crippen LogP contribution in [0.3, 0.4) is 0 Å². The van der Waals surface area contributed by atoms with Gasteiger partial charge < -0.3 is 19.9 Å². The van der Waals surface area contributed by atoms with E-state index in [4.69, 9.17) is 5.11 Å². The fourth-order valence-electron chi connectivity index (χ4n) is 3.68. The summed E-state index contributed by atoms with van der Waals surface area (Å²) in [5, 5.41) is 14.0. The van der Waals surface area contributed by atoms with Gasteiger partial charge in [0.15, 0.2) is 0 Å². The lowest BCUT2D eigenvalue weighted by atomic mass is 10.0. The smallest absolute Gasteiger partial charge is 0.0486 e. The number of nitrogens with zero attached hydrogens (tertiary/aromatic N) is 2. The van der Waals surface area contributed by atoms with E-state index < -0.39 is 0 Å². The lowest BCUT2D eigenvalue weighted by Crippen LogP contribution is -2.43. The minimum absolute atomic E-state index is 0.253. The molecule has 132 valence electrons. The van der Waals surface area contributed by atoms with Gasteiger partial charge in [-0.1, -0.05) is 0 Å². The molecule has 0 bridgehead atoms. The van der Waals surface area contributed by atoms with Gasteiger partial charge in [0.1, 0.15) is 0 Å². The maximum absolute atomic E-state index is 9.17. The monoisotopic (exact) mass is 329 g/mol. The molecule has 24 heavy (non-hydrogen) atoms. The first-order chi connectivity index (χ1) is 11.7. The molecule has 0 spiro atoms. The molecule has 0 amide bonds. The molecule has 0 radical (unpaired) electrons. The van der Waals surface area contributed by atoms with E-state index in [2.05, 4.69) is 47.0 Å². The molecule has 2 heterocycles. The van der Waals surface area contributed by atoms with Crippen molar-refractivity contribution in [3.63, 3.8) is 0 Å². The Morgan fingerprint density at radius 3 is 2.54 bits per heavy atom. The van der Waals surface area contributed by atoms with Gasteiger partial charge in [-0.15, -0.1) is 0 Å². The summed E-state index contributed by atoms with van der Waals surface area (Å²) in [7, 11) is 0. The van der Waals surface area contributed by atoms with Gasteiger partial charge in [-0.25, -0.2) is 0 Å². The lowest BCUT2D eigenvalue weighted by Gasteiger charge is -2.26. The van der Waals surface area contributed by atoms with E-state index in [9.17, 15) is 0 Å². The molecule has 3 rings (SSSR count). The fourth-order valence-corrected chi connectivity index (χ4v) is 3.68. The second-order valence-electron chi connectivity index (χ2n) is 7.07. The quantitative estimate of drug-likeness (QED) is 0.820. The molecule has 1 aliphatic rings. The van der Waals surface area contributed by atoms with E-state index >= 15 is 0 Å². The van der Waals surface area contributed by atoms with Crippen LogP contribution in [-0.2, 0) is 13.0 Å². The molecule has 1 aromatic heterocycles. The summed E-state index contributed by atoms with van der Waals surface area (Å²) in [4.78, 5) is 2.57. The lowest BCUT2D eigenvalue weighted by molar-refractivity contribution is 0.238. The summed E-state index contributed by atoms with van der Waals surface area (Å²) in [6.45, 7) is 11.3. The van der Waals surface area contributed by atoms with Crippen LogP contribution in [0.25, 0.3) is 10.9 Å². The highest BCUT2D eigenvalue weighted by Gasteiger charge is 2.12. The molecule has 1 aliphatic heterocycles. The standard InChI is InChI=1S/C20H31N3O/c1-16-13-19-18(5-3-8-22-10-6-21-7-11-22)15-23(9-4-12-24)20(19)14-17(16)2/h13-15,21,24H,3-12H2,1-2H3. The van der Waals surface area contributed by atoms with Crippen molar-refractivity contribution in [1.82, 2.24) is 14.8 Å². The van der Waals surface area contributed by atoms with Crippen molar-refractivity contribution in [2.45, 2.75) is 39.7 Å². The third kappa shape index (κ3) is 4.00. The second kappa shape index (κ2) is 8.15. The molecule has 2 aromatic rings. The molecule has 1 aromatic carbocycles. The average Bonchev–Trinajstić information content (AvgIpc) is 2.91. The Kier molecular flexibility index (Phi) is 5.93. The maximum atomic E-state index is 9.17. The predicted octanol–water partition coefficient (Wildman–Crippen LogP) is 2.48. The van der Waals surface area contributed by atoms with Crippen molar-refractivity contribution in [2.24, 2.45) is 0 Å². The molecule has 4 nitrogen and oxygen atoms in total. The van der Waals surface area contributed by atoms with E-state index in [0.717, 1.165) is 32.5 Å². The fraction of sp³-hybridized carbons (Fsp3) is 0.600. The van der Waals surface area contributed by atoms with Crippen molar-refractivity contribution < 1.29 is 5.11 Å². The van der Waals surface area contributed by atoms with Crippen LogP contribution in [0.4, 0.5) is 0 Å². The van der Waals surface area contributed by atoms with Crippen LogP contribution >= 0.6 is 0 Å². The SMILES string of the molecule is Cc1cc2c(CCCN3CCNCC3)cn(CCCO)c2cc1C. The Morgan fingerprint density at radius 1 is 1.04 bits per heavy atom. The van der Waals surface area contributed by atoms with Crippen LogP contribution < -0.4 is 5.32 Å².